The fourth-order valence-corrected chi connectivity index (χ4v) is 3.81. The van der Waals surface area contributed by atoms with Gasteiger partial charge in [-0.3, -0.25) is 19.2 Å². The normalized spacial score (nSPS) is 14.4. The third-order valence-corrected chi connectivity index (χ3v) is 6.20. The molecule has 37 heavy (non-hydrogen) atoms. The maximum Gasteiger partial charge on any atom is 0.327 e. The molecular weight excluding hydrogens is 502 g/mol. The molecule has 8 N–H and O–H groups in total. The highest BCUT2D eigenvalue weighted by molar-refractivity contribution is 7.80. The monoisotopic (exact) mass is 535 g/mol. The first-order valence-corrected chi connectivity index (χ1v) is 12.3. The number of nitrogens with one attached hydrogen (secondary N) is 4. The van der Waals surface area contributed by atoms with Gasteiger partial charge in [-0.1, -0.05) is 32.0 Å². The highest BCUT2D eigenvalue weighted by Gasteiger charge is 2.31. The van der Waals surface area contributed by atoms with E-state index in [1.807, 2.05) is 24.3 Å². The van der Waals surface area contributed by atoms with Crippen LogP contribution in [0.1, 0.15) is 32.3 Å². The molecule has 0 bridgehead atoms. The second-order valence-corrected chi connectivity index (χ2v) is 9.34. The summed E-state index contributed by atoms with van der Waals surface area (Å²) < 4.78 is 0. The summed E-state index contributed by atoms with van der Waals surface area (Å²) in [5.41, 5.74) is 7.35. The van der Waals surface area contributed by atoms with Gasteiger partial charge in [-0.2, -0.15) is 12.6 Å². The van der Waals surface area contributed by atoms with Gasteiger partial charge in [0.1, 0.15) is 18.1 Å². The minimum atomic E-state index is -1.30. The number of aromatic amines is 1. The molecule has 2 rings (SSSR count). The van der Waals surface area contributed by atoms with E-state index in [0.29, 0.717) is 5.56 Å². The van der Waals surface area contributed by atoms with Crippen LogP contribution in [-0.4, -0.2) is 74.8 Å². The Balaban J connectivity index is 2.32. The van der Waals surface area contributed by atoms with Crippen molar-refractivity contribution in [1.29, 1.82) is 0 Å². The number of hydrogen-bond donors (Lipinski definition) is 8. The Kier molecular flexibility index (Phi) is 10.9. The Hall–Kier alpha value is -3.58. The van der Waals surface area contributed by atoms with Crippen molar-refractivity contribution in [3.05, 3.63) is 36.0 Å². The molecule has 0 saturated carbocycles. The largest absolute Gasteiger partial charge is 0.481 e. The van der Waals surface area contributed by atoms with Crippen LogP contribution in [0, 0.1) is 5.92 Å². The molecule has 0 radical (unpaired) electrons. The number of carbonyl (C=O) groups is 5. The van der Waals surface area contributed by atoms with Crippen molar-refractivity contribution in [3.8, 4) is 0 Å². The lowest BCUT2D eigenvalue weighted by molar-refractivity contribution is -0.141. The van der Waals surface area contributed by atoms with Crippen molar-refractivity contribution in [2.75, 3.05) is 5.75 Å². The van der Waals surface area contributed by atoms with Crippen LogP contribution in [0.15, 0.2) is 30.5 Å². The van der Waals surface area contributed by atoms with Gasteiger partial charge < -0.3 is 36.9 Å². The lowest BCUT2D eigenvalue weighted by Gasteiger charge is -2.25. The van der Waals surface area contributed by atoms with E-state index in [2.05, 4.69) is 33.6 Å². The molecule has 0 aliphatic carbocycles. The molecule has 0 saturated heterocycles. The molecule has 4 atom stereocenters. The van der Waals surface area contributed by atoms with E-state index in [1.54, 1.807) is 20.0 Å². The average molecular weight is 536 g/mol. The Morgan fingerprint density at radius 2 is 1.54 bits per heavy atom. The molecular formula is C24H33N5O7S. The Labute approximate surface area is 219 Å². The van der Waals surface area contributed by atoms with Gasteiger partial charge in [0.2, 0.25) is 17.7 Å². The molecule has 2 aromatic rings. The van der Waals surface area contributed by atoms with Crippen LogP contribution in [0.4, 0.5) is 0 Å². The summed E-state index contributed by atoms with van der Waals surface area (Å²) in [5, 5.41) is 26.6. The van der Waals surface area contributed by atoms with E-state index in [0.717, 1.165) is 10.9 Å². The number of aromatic nitrogens is 1. The molecule has 4 unspecified atom stereocenters. The fourth-order valence-electron chi connectivity index (χ4n) is 3.57. The number of para-hydroxylation sites is 1. The zero-order valence-electron chi connectivity index (χ0n) is 20.6. The summed E-state index contributed by atoms with van der Waals surface area (Å²) in [7, 11) is 0. The van der Waals surface area contributed by atoms with Gasteiger partial charge in [0.15, 0.2) is 0 Å². The van der Waals surface area contributed by atoms with E-state index in [1.165, 1.54) is 0 Å². The number of carboxylic acids is 2. The summed E-state index contributed by atoms with van der Waals surface area (Å²) in [6.45, 7) is 3.44. The van der Waals surface area contributed by atoms with E-state index < -0.39 is 60.2 Å². The van der Waals surface area contributed by atoms with Gasteiger partial charge in [0.25, 0.3) is 0 Å². The fraction of sp³-hybridized carbons (Fsp3) is 0.458. The summed E-state index contributed by atoms with van der Waals surface area (Å²) in [4.78, 5) is 64.4. The number of amides is 3. The van der Waals surface area contributed by atoms with Crippen LogP contribution in [0.25, 0.3) is 10.9 Å². The Morgan fingerprint density at radius 1 is 0.946 bits per heavy atom. The maximum atomic E-state index is 13.2. The second-order valence-electron chi connectivity index (χ2n) is 8.97. The number of fused-ring (bicyclic) bond motifs is 1. The third kappa shape index (κ3) is 8.50. The molecule has 3 amide bonds. The SMILES string of the molecule is CC(C)C(N)C(=O)NC(CCC(=O)O)C(=O)NC(Cc1c[nH]c2ccccc12)C(=O)NC(CS)C(=O)O. The number of thiol groups is 1. The second kappa shape index (κ2) is 13.7. The first-order chi connectivity index (χ1) is 17.4. The summed E-state index contributed by atoms with van der Waals surface area (Å²) in [6.07, 6.45) is 1.00. The van der Waals surface area contributed by atoms with Crippen molar-refractivity contribution in [2.45, 2.75) is 57.3 Å². The number of aliphatic carboxylic acids is 2. The molecule has 0 fully saturated rings. The number of nitrogens with two attached hydrogens (primary N) is 1. The van der Waals surface area contributed by atoms with Crippen molar-refractivity contribution in [2.24, 2.45) is 11.7 Å². The first kappa shape index (κ1) is 29.6. The van der Waals surface area contributed by atoms with Crippen molar-refractivity contribution < 1.29 is 34.2 Å². The maximum absolute atomic E-state index is 13.2. The number of carbonyl (C=O) groups excluding carboxylic acids is 3. The van der Waals surface area contributed by atoms with Crippen LogP contribution in [0.2, 0.25) is 0 Å². The number of rotatable bonds is 14. The summed E-state index contributed by atoms with van der Waals surface area (Å²) >= 11 is 3.96. The lowest BCUT2D eigenvalue weighted by Crippen LogP contribution is -2.58. The van der Waals surface area contributed by atoms with Gasteiger partial charge in [-0.25, -0.2) is 4.79 Å². The van der Waals surface area contributed by atoms with Crippen molar-refractivity contribution in [1.82, 2.24) is 20.9 Å². The molecule has 0 aliphatic heterocycles. The van der Waals surface area contributed by atoms with E-state index in [4.69, 9.17) is 10.8 Å². The first-order valence-electron chi connectivity index (χ1n) is 11.7. The van der Waals surface area contributed by atoms with Crippen LogP contribution in [0.5, 0.6) is 0 Å². The summed E-state index contributed by atoms with van der Waals surface area (Å²) in [5.74, 6) is -5.11. The van der Waals surface area contributed by atoms with E-state index >= 15 is 0 Å². The van der Waals surface area contributed by atoms with Crippen LogP contribution < -0.4 is 21.7 Å². The topological polar surface area (TPSA) is 204 Å². The smallest absolute Gasteiger partial charge is 0.327 e. The van der Waals surface area contributed by atoms with Gasteiger partial charge in [-0.05, 0) is 24.0 Å². The van der Waals surface area contributed by atoms with Gasteiger partial charge >= 0.3 is 11.9 Å². The molecule has 1 heterocycles. The predicted octanol–water partition coefficient (Wildman–Crippen LogP) is 0.0273. The molecule has 1 aromatic heterocycles. The Bertz CT molecular complexity index is 1140. The summed E-state index contributed by atoms with van der Waals surface area (Å²) in [6, 6.07) is 2.55. The number of benzene rings is 1. The molecule has 202 valence electrons. The number of H-pyrrole nitrogens is 1. The van der Waals surface area contributed by atoms with Gasteiger partial charge in [0, 0.05) is 35.7 Å². The number of hydrogen-bond acceptors (Lipinski definition) is 7. The highest BCUT2D eigenvalue weighted by atomic mass is 32.1. The van der Waals surface area contributed by atoms with Crippen molar-refractivity contribution >= 4 is 53.2 Å². The molecule has 12 nitrogen and oxygen atoms in total. The highest BCUT2D eigenvalue weighted by Crippen LogP contribution is 2.19. The van der Waals surface area contributed by atoms with Crippen LogP contribution in [0.3, 0.4) is 0 Å². The lowest BCUT2D eigenvalue weighted by atomic mass is 10.0. The number of carboxylic acid groups (broad SMARTS) is 2. The minimum absolute atomic E-state index is 0.00833. The quantitative estimate of drug-likeness (QED) is 0.155. The van der Waals surface area contributed by atoms with E-state index in [-0.39, 0.29) is 24.5 Å². The zero-order chi connectivity index (χ0) is 27.7. The third-order valence-electron chi connectivity index (χ3n) is 5.83. The molecule has 0 spiro atoms. The zero-order valence-corrected chi connectivity index (χ0v) is 21.5. The Morgan fingerprint density at radius 3 is 2.14 bits per heavy atom. The van der Waals surface area contributed by atoms with Gasteiger partial charge in [0.05, 0.1) is 6.04 Å². The van der Waals surface area contributed by atoms with E-state index in [9.17, 15) is 29.1 Å². The minimum Gasteiger partial charge on any atom is -0.481 e. The molecule has 0 aliphatic rings. The molecule has 13 heteroatoms. The average Bonchev–Trinajstić information content (AvgIpc) is 3.26. The van der Waals surface area contributed by atoms with Crippen LogP contribution in [-0.2, 0) is 30.4 Å². The standard InChI is InChI=1S/C24H33N5O7S/c1-12(2)20(25)23(34)27-16(7-8-19(30)31)21(32)28-17(22(33)29-18(11-37)24(35)36)9-13-10-26-15-6-4-3-5-14(13)15/h3-6,10,12,16-18,20,26,37H,7-9,11,25H2,1-2H3,(H,27,34)(H,28,32)(H,29,33)(H,30,31)(H,35,36). The predicted molar refractivity (Wildman–Crippen MR) is 139 cm³/mol. The van der Waals surface area contributed by atoms with Crippen molar-refractivity contribution in [3.63, 3.8) is 0 Å². The van der Waals surface area contributed by atoms with Gasteiger partial charge in [-0.15, -0.1) is 0 Å². The molecule has 1 aromatic carbocycles. The van der Waals surface area contributed by atoms with Crippen LogP contribution >= 0.6 is 12.6 Å².